The van der Waals surface area contributed by atoms with Gasteiger partial charge in [-0.25, -0.2) is 0 Å². The second-order valence-corrected chi connectivity index (χ2v) is 7.76. The Bertz CT molecular complexity index is 1190. The fourth-order valence-corrected chi connectivity index (χ4v) is 3.66. The summed E-state index contributed by atoms with van der Waals surface area (Å²) in [5.41, 5.74) is 3.45. The quantitative estimate of drug-likeness (QED) is 0.525. The maximum absolute atomic E-state index is 13.4. The van der Waals surface area contributed by atoms with E-state index in [2.05, 4.69) is 10.3 Å². The third kappa shape index (κ3) is 4.36. The SMILES string of the molecule is CCOc1ccc(C2=C(Nc3ccc(C)c(Cl)c3)C(=O)N(Cc3cccnc3)C2=O)cc1. The van der Waals surface area contributed by atoms with Crippen molar-refractivity contribution in [2.45, 2.75) is 20.4 Å². The Balaban J connectivity index is 1.73. The fraction of sp³-hybridized carbons (Fsp3) is 0.160. The number of benzene rings is 2. The third-order valence-electron chi connectivity index (χ3n) is 5.13. The van der Waals surface area contributed by atoms with E-state index in [9.17, 15) is 9.59 Å². The molecule has 0 saturated carbocycles. The van der Waals surface area contributed by atoms with Gasteiger partial charge in [-0.05, 0) is 60.9 Å². The summed E-state index contributed by atoms with van der Waals surface area (Å²) in [4.78, 5) is 32.0. The van der Waals surface area contributed by atoms with Crippen molar-refractivity contribution in [3.05, 3.63) is 94.4 Å². The van der Waals surface area contributed by atoms with Gasteiger partial charge >= 0.3 is 0 Å². The van der Waals surface area contributed by atoms with E-state index in [1.807, 2.05) is 32.0 Å². The average molecular weight is 448 g/mol. The number of nitrogens with zero attached hydrogens (tertiary/aromatic N) is 2. The molecule has 0 bridgehead atoms. The number of amides is 2. The van der Waals surface area contributed by atoms with Crippen LogP contribution < -0.4 is 10.1 Å². The number of carbonyl (C=O) groups is 2. The molecule has 0 fully saturated rings. The zero-order valence-electron chi connectivity index (χ0n) is 17.8. The van der Waals surface area contributed by atoms with Crippen molar-refractivity contribution in [2.24, 2.45) is 0 Å². The van der Waals surface area contributed by atoms with E-state index in [-0.39, 0.29) is 18.1 Å². The number of hydrogen-bond acceptors (Lipinski definition) is 5. The Morgan fingerprint density at radius 2 is 1.84 bits per heavy atom. The Kier molecular flexibility index (Phi) is 6.23. The van der Waals surface area contributed by atoms with Crippen LogP contribution in [0.2, 0.25) is 5.02 Å². The summed E-state index contributed by atoms with van der Waals surface area (Å²) in [6.07, 6.45) is 3.29. The molecule has 0 spiro atoms. The molecule has 1 aromatic heterocycles. The van der Waals surface area contributed by atoms with Crippen LogP contribution in [0.15, 0.2) is 72.7 Å². The first-order valence-corrected chi connectivity index (χ1v) is 10.6. The van der Waals surface area contributed by atoms with Gasteiger partial charge in [-0.3, -0.25) is 19.5 Å². The van der Waals surface area contributed by atoms with E-state index in [0.717, 1.165) is 11.1 Å². The van der Waals surface area contributed by atoms with E-state index >= 15 is 0 Å². The summed E-state index contributed by atoms with van der Waals surface area (Å²) in [5, 5.41) is 3.70. The van der Waals surface area contributed by atoms with Crippen molar-refractivity contribution in [1.29, 1.82) is 0 Å². The lowest BCUT2D eigenvalue weighted by molar-refractivity contribution is -0.137. The summed E-state index contributed by atoms with van der Waals surface area (Å²) in [7, 11) is 0. The normalized spacial score (nSPS) is 13.7. The van der Waals surface area contributed by atoms with Crippen LogP contribution in [0.4, 0.5) is 5.69 Å². The van der Waals surface area contributed by atoms with Crippen molar-refractivity contribution >= 4 is 34.7 Å². The molecule has 2 amide bonds. The molecular weight excluding hydrogens is 426 g/mol. The van der Waals surface area contributed by atoms with Crippen LogP contribution in [-0.2, 0) is 16.1 Å². The van der Waals surface area contributed by atoms with E-state index in [1.54, 1.807) is 48.8 Å². The van der Waals surface area contributed by atoms with Gasteiger partial charge in [0.2, 0.25) is 0 Å². The molecule has 0 unspecified atom stereocenters. The highest BCUT2D eigenvalue weighted by Crippen LogP contribution is 2.33. The number of ether oxygens (including phenoxy) is 1. The summed E-state index contributed by atoms with van der Waals surface area (Å²) >= 11 is 6.26. The molecule has 162 valence electrons. The van der Waals surface area contributed by atoms with Gasteiger partial charge < -0.3 is 10.1 Å². The van der Waals surface area contributed by atoms with Crippen molar-refractivity contribution in [1.82, 2.24) is 9.88 Å². The molecule has 1 aliphatic heterocycles. The predicted octanol–water partition coefficient (Wildman–Crippen LogP) is 4.83. The molecule has 1 aliphatic rings. The zero-order valence-corrected chi connectivity index (χ0v) is 18.5. The Hall–Kier alpha value is -3.64. The second kappa shape index (κ2) is 9.24. The average Bonchev–Trinajstić information content (AvgIpc) is 3.02. The fourth-order valence-electron chi connectivity index (χ4n) is 3.48. The summed E-state index contributed by atoms with van der Waals surface area (Å²) < 4.78 is 5.50. The minimum Gasteiger partial charge on any atom is -0.494 e. The van der Waals surface area contributed by atoms with Gasteiger partial charge in [0.15, 0.2) is 0 Å². The topological polar surface area (TPSA) is 71.5 Å². The summed E-state index contributed by atoms with van der Waals surface area (Å²) in [6.45, 7) is 4.47. The maximum atomic E-state index is 13.4. The van der Waals surface area contributed by atoms with E-state index < -0.39 is 5.91 Å². The van der Waals surface area contributed by atoms with E-state index in [0.29, 0.717) is 34.2 Å². The molecule has 2 heterocycles. The predicted molar refractivity (Wildman–Crippen MR) is 124 cm³/mol. The molecule has 7 heteroatoms. The van der Waals surface area contributed by atoms with Crippen molar-refractivity contribution in [3.8, 4) is 5.75 Å². The Morgan fingerprint density at radius 1 is 1.06 bits per heavy atom. The Labute approximate surface area is 191 Å². The minimum atomic E-state index is -0.403. The highest BCUT2D eigenvalue weighted by Gasteiger charge is 2.39. The first-order chi connectivity index (χ1) is 15.5. The van der Waals surface area contributed by atoms with Crippen LogP contribution in [0, 0.1) is 6.92 Å². The minimum absolute atomic E-state index is 0.131. The van der Waals surface area contributed by atoms with Crippen LogP contribution in [0.5, 0.6) is 5.75 Å². The zero-order chi connectivity index (χ0) is 22.7. The first kappa shape index (κ1) is 21.6. The van der Waals surface area contributed by atoms with Crippen LogP contribution in [0.3, 0.4) is 0 Å². The van der Waals surface area contributed by atoms with Crippen molar-refractivity contribution in [3.63, 3.8) is 0 Å². The first-order valence-electron chi connectivity index (χ1n) is 10.2. The molecule has 6 nitrogen and oxygen atoms in total. The monoisotopic (exact) mass is 447 g/mol. The van der Waals surface area contributed by atoms with Gasteiger partial charge in [-0.15, -0.1) is 0 Å². The largest absolute Gasteiger partial charge is 0.494 e. The van der Waals surface area contributed by atoms with E-state index in [4.69, 9.17) is 16.3 Å². The molecule has 0 radical (unpaired) electrons. The van der Waals surface area contributed by atoms with Gasteiger partial charge in [0.05, 0.1) is 18.7 Å². The van der Waals surface area contributed by atoms with Gasteiger partial charge in [0.25, 0.3) is 11.8 Å². The van der Waals surface area contributed by atoms with Crippen LogP contribution >= 0.6 is 11.6 Å². The number of aromatic nitrogens is 1. The lowest BCUT2D eigenvalue weighted by atomic mass is 10.0. The molecule has 0 atom stereocenters. The summed E-state index contributed by atoms with van der Waals surface area (Å²) in [5.74, 6) is -0.0798. The number of pyridine rings is 1. The highest BCUT2D eigenvalue weighted by atomic mass is 35.5. The number of halogens is 1. The van der Waals surface area contributed by atoms with Crippen LogP contribution in [0.1, 0.15) is 23.6 Å². The molecule has 3 aromatic rings. The van der Waals surface area contributed by atoms with E-state index in [1.165, 1.54) is 4.90 Å². The second-order valence-electron chi connectivity index (χ2n) is 7.35. The van der Waals surface area contributed by atoms with Crippen LogP contribution in [0.25, 0.3) is 5.57 Å². The lowest BCUT2D eigenvalue weighted by Gasteiger charge is -2.15. The number of imide groups is 1. The van der Waals surface area contributed by atoms with Gasteiger partial charge in [-0.1, -0.05) is 35.9 Å². The number of aryl methyl sites for hydroxylation is 1. The number of nitrogens with one attached hydrogen (secondary N) is 1. The molecule has 32 heavy (non-hydrogen) atoms. The Morgan fingerprint density at radius 3 is 2.50 bits per heavy atom. The lowest BCUT2D eigenvalue weighted by Crippen LogP contribution is -2.32. The molecule has 0 aliphatic carbocycles. The number of anilines is 1. The molecule has 1 N–H and O–H groups in total. The van der Waals surface area contributed by atoms with Gasteiger partial charge in [0.1, 0.15) is 11.4 Å². The number of carbonyl (C=O) groups excluding carboxylic acids is 2. The van der Waals surface area contributed by atoms with Crippen LogP contribution in [-0.4, -0.2) is 28.3 Å². The third-order valence-corrected chi connectivity index (χ3v) is 5.53. The number of hydrogen-bond donors (Lipinski definition) is 1. The van der Waals surface area contributed by atoms with Crippen molar-refractivity contribution < 1.29 is 14.3 Å². The summed E-state index contributed by atoms with van der Waals surface area (Å²) in [6, 6.07) is 16.2. The maximum Gasteiger partial charge on any atom is 0.278 e. The molecular formula is C25H22ClN3O3. The molecule has 4 rings (SSSR count). The molecule has 2 aromatic carbocycles. The van der Waals surface area contributed by atoms with Crippen molar-refractivity contribution in [2.75, 3.05) is 11.9 Å². The number of rotatable bonds is 7. The molecule has 0 saturated heterocycles. The van der Waals surface area contributed by atoms with Gasteiger partial charge in [0, 0.05) is 23.1 Å². The standard InChI is InChI=1S/C25H22ClN3O3/c1-3-32-20-10-7-18(8-11-20)22-23(28-19-9-6-16(2)21(26)13-19)25(31)29(24(22)30)15-17-5-4-12-27-14-17/h4-14,28H,3,15H2,1-2H3. The van der Waals surface area contributed by atoms with Gasteiger partial charge in [-0.2, -0.15) is 0 Å². The highest BCUT2D eigenvalue weighted by molar-refractivity contribution is 6.36. The smallest absolute Gasteiger partial charge is 0.278 e.